The number of primary amides is 1. The molecule has 0 atom stereocenters. The molecule has 0 bridgehead atoms. The van der Waals surface area contributed by atoms with E-state index in [0.717, 1.165) is 32.0 Å². The number of hydrogen-bond acceptors (Lipinski definition) is 5. The molecular formula is C27H28F3N5O2. The summed E-state index contributed by atoms with van der Waals surface area (Å²) in [5, 5.41) is 6.67. The Morgan fingerprint density at radius 1 is 1.08 bits per heavy atom. The van der Waals surface area contributed by atoms with Gasteiger partial charge in [-0.1, -0.05) is 18.2 Å². The number of carbonyl (C=O) groups excluding carboxylic acids is 2. The molecule has 2 aromatic carbocycles. The number of aromatic nitrogens is 1. The van der Waals surface area contributed by atoms with Gasteiger partial charge in [0.1, 0.15) is 0 Å². The number of alkyl halides is 3. The van der Waals surface area contributed by atoms with Gasteiger partial charge in [-0.25, -0.2) is 0 Å². The number of benzene rings is 2. The molecule has 0 saturated carbocycles. The van der Waals surface area contributed by atoms with Crippen molar-refractivity contribution in [2.24, 2.45) is 11.7 Å². The number of anilines is 3. The van der Waals surface area contributed by atoms with Crippen molar-refractivity contribution in [3.63, 3.8) is 0 Å². The number of halogens is 3. The standard InChI is InChI=1S/C27H28F3N5O2/c1-17-21(6-4-7-23(17)27(28,29)30)26(37)35(24-8-3-2-5-22(24)25(31)36)20-13-19(15-33-16-20)34-14-18-9-11-32-12-10-18/h2-8,13,15-16,18,32,34H,9-12,14H2,1H3,(H2,31,36). The van der Waals surface area contributed by atoms with Crippen molar-refractivity contribution >= 4 is 28.9 Å². The molecule has 1 saturated heterocycles. The van der Waals surface area contributed by atoms with Crippen molar-refractivity contribution in [3.05, 3.63) is 83.2 Å². The number of rotatable bonds is 7. The summed E-state index contributed by atoms with van der Waals surface area (Å²) in [6.45, 7) is 3.87. The summed E-state index contributed by atoms with van der Waals surface area (Å²) in [6.07, 6.45) is 0.477. The Labute approximate surface area is 212 Å². The number of nitrogens with two attached hydrogens (primary N) is 1. The molecule has 4 N–H and O–H groups in total. The highest BCUT2D eigenvalue weighted by atomic mass is 19.4. The lowest BCUT2D eigenvalue weighted by Gasteiger charge is -2.27. The van der Waals surface area contributed by atoms with E-state index < -0.39 is 23.6 Å². The fourth-order valence-electron chi connectivity index (χ4n) is 4.53. The third kappa shape index (κ3) is 5.91. The quantitative estimate of drug-likeness (QED) is 0.419. The summed E-state index contributed by atoms with van der Waals surface area (Å²) in [6, 6.07) is 11.3. The molecule has 7 nitrogen and oxygen atoms in total. The van der Waals surface area contributed by atoms with E-state index in [-0.39, 0.29) is 28.1 Å². The molecule has 0 spiro atoms. The first-order valence-electron chi connectivity index (χ1n) is 12.0. The van der Waals surface area contributed by atoms with Gasteiger partial charge < -0.3 is 16.4 Å². The fraction of sp³-hybridized carbons (Fsp3) is 0.296. The SMILES string of the molecule is Cc1c(C(=O)N(c2cncc(NCC3CCNCC3)c2)c2ccccc2C(N)=O)cccc1C(F)(F)F. The Balaban J connectivity index is 1.77. The topological polar surface area (TPSA) is 100 Å². The number of hydrogen-bond donors (Lipinski definition) is 3. The first kappa shape index (κ1) is 26.2. The highest BCUT2D eigenvalue weighted by Gasteiger charge is 2.35. The van der Waals surface area contributed by atoms with Gasteiger partial charge in [0.2, 0.25) is 0 Å². The van der Waals surface area contributed by atoms with E-state index in [1.54, 1.807) is 24.4 Å². The maximum Gasteiger partial charge on any atom is 0.416 e. The van der Waals surface area contributed by atoms with E-state index in [2.05, 4.69) is 15.6 Å². The molecule has 194 valence electrons. The van der Waals surface area contributed by atoms with Gasteiger partial charge in [0, 0.05) is 12.1 Å². The number of amides is 2. The van der Waals surface area contributed by atoms with E-state index in [1.165, 1.54) is 42.3 Å². The van der Waals surface area contributed by atoms with Crippen molar-refractivity contribution in [3.8, 4) is 0 Å². The molecule has 10 heteroatoms. The lowest BCUT2D eigenvalue weighted by molar-refractivity contribution is -0.138. The third-order valence-electron chi connectivity index (χ3n) is 6.52. The normalized spacial score (nSPS) is 14.3. The minimum absolute atomic E-state index is 0.0496. The van der Waals surface area contributed by atoms with Gasteiger partial charge in [0.05, 0.1) is 40.6 Å². The van der Waals surface area contributed by atoms with E-state index in [9.17, 15) is 22.8 Å². The van der Waals surface area contributed by atoms with Crippen LogP contribution in [0.2, 0.25) is 0 Å². The zero-order chi connectivity index (χ0) is 26.6. The van der Waals surface area contributed by atoms with Gasteiger partial charge >= 0.3 is 6.18 Å². The van der Waals surface area contributed by atoms with Crippen LogP contribution < -0.4 is 21.3 Å². The second kappa shape index (κ2) is 11.0. The van der Waals surface area contributed by atoms with Gasteiger partial charge in [-0.15, -0.1) is 0 Å². The van der Waals surface area contributed by atoms with Crippen molar-refractivity contribution in [2.45, 2.75) is 25.9 Å². The molecule has 0 unspecified atom stereocenters. The average molecular weight is 512 g/mol. The first-order chi connectivity index (χ1) is 17.7. The largest absolute Gasteiger partial charge is 0.416 e. The molecular weight excluding hydrogens is 483 g/mol. The summed E-state index contributed by atoms with van der Waals surface area (Å²) < 4.78 is 40.8. The molecule has 1 aliphatic heterocycles. The number of nitrogens with one attached hydrogen (secondary N) is 2. The first-order valence-corrected chi connectivity index (χ1v) is 12.0. The molecule has 3 aromatic rings. The van der Waals surface area contributed by atoms with Gasteiger partial charge in [-0.3, -0.25) is 19.5 Å². The van der Waals surface area contributed by atoms with Crippen LogP contribution in [0, 0.1) is 12.8 Å². The van der Waals surface area contributed by atoms with Crippen LogP contribution in [0.1, 0.15) is 44.7 Å². The van der Waals surface area contributed by atoms with E-state index in [1.807, 2.05) is 0 Å². The molecule has 2 amide bonds. The monoisotopic (exact) mass is 511 g/mol. The Morgan fingerprint density at radius 2 is 1.78 bits per heavy atom. The predicted octanol–water partition coefficient (Wildman–Crippen LogP) is 4.90. The second-order valence-electron chi connectivity index (χ2n) is 9.00. The molecule has 0 aliphatic carbocycles. The van der Waals surface area contributed by atoms with Crippen LogP contribution in [0.4, 0.5) is 30.2 Å². The maximum atomic E-state index is 13.9. The highest BCUT2D eigenvalue weighted by molar-refractivity contribution is 6.15. The number of piperidine rings is 1. The van der Waals surface area contributed by atoms with Crippen LogP contribution in [0.3, 0.4) is 0 Å². The fourth-order valence-corrected chi connectivity index (χ4v) is 4.53. The molecule has 37 heavy (non-hydrogen) atoms. The van der Waals surface area contributed by atoms with Crippen LogP contribution >= 0.6 is 0 Å². The zero-order valence-electron chi connectivity index (χ0n) is 20.3. The molecule has 1 aliphatic rings. The summed E-state index contributed by atoms with van der Waals surface area (Å²) >= 11 is 0. The van der Waals surface area contributed by atoms with Crippen molar-refractivity contribution in [2.75, 3.05) is 29.9 Å². The summed E-state index contributed by atoms with van der Waals surface area (Å²) in [5.41, 5.74) is 5.44. The van der Waals surface area contributed by atoms with Crippen LogP contribution in [0.25, 0.3) is 0 Å². The smallest absolute Gasteiger partial charge is 0.383 e. The Hall–Kier alpha value is -3.92. The van der Waals surface area contributed by atoms with E-state index in [4.69, 9.17) is 5.73 Å². The van der Waals surface area contributed by atoms with Gasteiger partial charge in [-0.2, -0.15) is 13.2 Å². The Kier molecular flexibility index (Phi) is 7.77. The van der Waals surface area contributed by atoms with Crippen LogP contribution in [-0.4, -0.2) is 36.4 Å². The molecule has 1 fully saturated rings. The van der Waals surface area contributed by atoms with Gasteiger partial charge in [0.15, 0.2) is 0 Å². The lowest BCUT2D eigenvalue weighted by atomic mass is 9.98. The van der Waals surface area contributed by atoms with E-state index >= 15 is 0 Å². The lowest BCUT2D eigenvalue weighted by Crippen LogP contribution is -2.31. The minimum atomic E-state index is -4.63. The highest BCUT2D eigenvalue weighted by Crippen LogP contribution is 2.36. The Bertz CT molecular complexity index is 1290. The molecule has 1 aromatic heterocycles. The summed E-state index contributed by atoms with van der Waals surface area (Å²) in [7, 11) is 0. The summed E-state index contributed by atoms with van der Waals surface area (Å²) in [4.78, 5) is 31.5. The van der Waals surface area contributed by atoms with Crippen molar-refractivity contribution < 1.29 is 22.8 Å². The van der Waals surface area contributed by atoms with Crippen LogP contribution in [0.15, 0.2) is 60.9 Å². The van der Waals surface area contributed by atoms with Gasteiger partial charge in [-0.05, 0) is 74.7 Å². The van der Waals surface area contributed by atoms with Crippen molar-refractivity contribution in [1.29, 1.82) is 0 Å². The third-order valence-corrected chi connectivity index (χ3v) is 6.52. The Morgan fingerprint density at radius 3 is 2.49 bits per heavy atom. The number of carbonyl (C=O) groups is 2. The average Bonchev–Trinajstić information content (AvgIpc) is 2.88. The second-order valence-corrected chi connectivity index (χ2v) is 9.00. The number of para-hydroxylation sites is 1. The maximum absolute atomic E-state index is 13.9. The predicted molar refractivity (Wildman–Crippen MR) is 136 cm³/mol. The van der Waals surface area contributed by atoms with E-state index in [0.29, 0.717) is 18.2 Å². The minimum Gasteiger partial charge on any atom is -0.383 e. The molecule has 2 heterocycles. The summed E-state index contributed by atoms with van der Waals surface area (Å²) in [5.74, 6) is -1.04. The number of nitrogens with zero attached hydrogens (tertiary/aromatic N) is 2. The van der Waals surface area contributed by atoms with Crippen LogP contribution in [-0.2, 0) is 6.18 Å². The molecule has 0 radical (unpaired) electrons. The molecule has 4 rings (SSSR count). The van der Waals surface area contributed by atoms with Crippen molar-refractivity contribution in [1.82, 2.24) is 10.3 Å². The van der Waals surface area contributed by atoms with Gasteiger partial charge in [0.25, 0.3) is 11.8 Å². The van der Waals surface area contributed by atoms with Crippen LogP contribution in [0.5, 0.6) is 0 Å². The zero-order valence-corrected chi connectivity index (χ0v) is 20.3. The number of pyridine rings is 1.